The molecule has 0 aromatic heterocycles. The van der Waals surface area contributed by atoms with Crippen LogP contribution in [0.1, 0.15) is 55.6 Å². The van der Waals surface area contributed by atoms with Crippen LogP contribution in [0.5, 0.6) is 0 Å². The minimum atomic E-state index is -2.27. The van der Waals surface area contributed by atoms with E-state index in [0.29, 0.717) is 0 Å². The first-order chi connectivity index (χ1) is 47.5. The first-order valence-corrected chi connectivity index (χ1v) is 36.2. The average molecular weight is 1270 g/mol. The van der Waals surface area contributed by atoms with Crippen LogP contribution in [0.25, 0.3) is 67.8 Å². The molecule has 1 heterocycles. The number of hydrogen-bond donors (Lipinski definition) is 0. The van der Waals surface area contributed by atoms with Crippen molar-refractivity contribution in [1.82, 2.24) is 0 Å². The van der Waals surface area contributed by atoms with Gasteiger partial charge in [-0.15, -0.1) is 0 Å². The fraction of sp³-hybridized carbons (Fsp3) is 0.0435. The van der Waals surface area contributed by atoms with Gasteiger partial charge in [-0.05, 0) is 219 Å². The zero-order valence-electron chi connectivity index (χ0n) is 53.9. The summed E-state index contributed by atoms with van der Waals surface area (Å²) in [7, 11) is -2.27. The zero-order valence-corrected chi connectivity index (χ0v) is 54.9. The Kier molecular flexibility index (Phi) is 14.2. The van der Waals surface area contributed by atoms with Gasteiger partial charge in [0.1, 0.15) is 19.7 Å². The maximum atomic E-state index is 15.3. The molecular weight excluding hydrogens is 1200 g/mol. The Balaban J connectivity index is 0.812. The molecule has 462 valence electrons. The SMILES string of the molecule is C=Cc1ccc(-c2ccc(C3(c4ccc(F)cc4)c4ccccc4-c4ccc(N(c5ccccc5)c5ccc6c(c5)-c5cc(N(c7ccccc7)c7ccc8c(c7)C(c7ccc(F)cc7)(c7ccc(-c9ccc(C=C)cc9)cc7)c7ccccc7-8)ccc5[Si]6(C)C)cc43)cc2)cc1. The van der Waals surface area contributed by atoms with Crippen molar-refractivity contribution in [2.24, 2.45) is 0 Å². The normalized spacial score (nSPS) is 15.7. The largest absolute Gasteiger partial charge is 0.310 e. The summed E-state index contributed by atoms with van der Waals surface area (Å²) in [5, 5.41) is 2.78. The highest BCUT2D eigenvalue weighted by Crippen LogP contribution is 2.60. The van der Waals surface area contributed by atoms with Crippen molar-refractivity contribution in [2.45, 2.75) is 23.9 Å². The third-order valence-corrected chi connectivity index (χ3v) is 24.5. The van der Waals surface area contributed by atoms with Crippen molar-refractivity contribution in [3.63, 3.8) is 0 Å². The van der Waals surface area contributed by atoms with Gasteiger partial charge in [0.05, 0.1) is 10.8 Å². The third-order valence-electron chi connectivity index (χ3n) is 20.9. The Hall–Kier alpha value is -11.8. The van der Waals surface area contributed by atoms with Crippen LogP contribution >= 0.6 is 0 Å². The van der Waals surface area contributed by atoms with E-state index < -0.39 is 18.9 Å². The van der Waals surface area contributed by atoms with Crippen LogP contribution in [0.15, 0.2) is 341 Å². The van der Waals surface area contributed by atoms with Gasteiger partial charge in [0, 0.05) is 34.1 Å². The maximum absolute atomic E-state index is 15.3. The Morgan fingerprint density at radius 1 is 0.278 bits per heavy atom. The lowest BCUT2D eigenvalue weighted by Gasteiger charge is -2.35. The molecule has 2 atom stereocenters. The highest BCUT2D eigenvalue weighted by molar-refractivity contribution is 7.03. The molecule has 0 spiro atoms. The van der Waals surface area contributed by atoms with E-state index in [1.165, 1.54) is 21.5 Å². The quantitative estimate of drug-likeness (QED) is 0.100. The van der Waals surface area contributed by atoms with E-state index in [-0.39, 0.29) is 11.6 Å². The van der Waals surface area contributed by atoms with E-state index in [2.05, 4.69) is 315 Å². The van der Waals surface area contributed by atoms with Crippen LogP contribution in [0, 0.1) is 11.6 Å². The van der Waals surface area contributed by atoms with Gasteiger partial charge >= 0.3 is 0 Å². The molecule has 97 heavy (non-hydrogen) atoms. The van der Waals surface area contributed by atoms with Crippen LogP contribution in [-0.4, -0.2) is 8.07 Å². The number of rotatable bonds is 14. The van der Waals surface area contributed by atoms with E-state index in [4.69, 9.17) is 0 Å². The van der Waals surface area contributed by atoms with Gasteiger partial charge in [-0.25, -0.2) is 8.78 Å². The summed E-state index contributed by atoms with van der Waals surface area (Å²) in [4.78, 5) is 4.82. The lowest BCUT2D eigenvalue weighted by Crippen LogP contribution is -2.49. The van der Waals surface area contributed by atoms with E-state index in [1.54, 1.807) is 24.3 Å². The smallest absolute Gasteiger partial charge is 0.123 e. The molecule has 2 aliphatic carbocycles. The van der Waals surface area contributed by atoms with Gasteiger partial charge in [-0.2, -0.15) is 0 Å². The van der Waals surface area contributed by atoms with Crippen molar-refractivity contribution in [1.29, 1.82) is 0 Å². The Morgan fingerprint density at radius 3 is 0.938 bits per heavy atom. The minimum Gasteiger partial charge on any atom is -0.310 e. The molecule has 3 aliphatic rings. The van der Waals surface area contributed by atoms with Crippen molar-refractivity contribution in [3.8, 4) is 55.6 Å². The second-order valence-electron chi connectivity index (χ2n) is 26.3. The molecule has 0 bridgehead atoms. The number of nitrogens with zero attached hydrogens (tertiary/aromatic N) is 2. The molecule has 14 aromatic rings. The van der Waals surface area contributed by atoms with Crippen LogP contribution in [-0.2, 0) is 10.8 Å². The Labute approximate surface area is 567 Å². The molecule has 1 aliphatic heterocycles. The summed E-state index contributed by atoms with van der Waals surface area (Å²) in [6, 6.07) is 116. The summed E-state index contributed by atoms with van der Waals surface area (Å²) < 4.78 is 30.5. The van der Waals surface area contributed by atoms with Gasteiger partial charge in [0.25, 0.3) is 0 Å². The van der Waals surface area contributed by atoms with Crippen molar-refractivity contribution in [2.75, 3.05) is 9.80 Å². The number of para-hydroxylation sites is 2. The molecular formula is C92H66F2N2Si. The van der Waals surface area contributed by atoms with E-state index in [9.17, 15) is 0 Å². The van der Waals surface area contributed by atoms with Crippen molar-refractivity contribution in [3.05, 3.63) is 408 Å². The first-order valence-electron chi connectivity index (χ1n) is 33.2. The van der Waals surface area contributed by atoms with Gasteiger partial charge < -0.3 is 9.80 Å². The van der Waals surface area contributed by atoms with Gasteiger partial charge in [0.15, 0.2) is 0 Å². The fourth-order valence-corrected chi connectivity index (χ4v) is 19.4. The highest BCUT2D eigenvalue weighted by atomic mass is 28.3. The second-order valence-corrected chi connectivity index (χ2v) is 30.6. The molecule has 0 saturated heterocycles. The van der Waals surface area contributed by atoms with E-state index in [0.717, 1.165) is 134 Å². The average Bonchev–Trinajstić information content (AvgIpc) is 1.58. The molecule has 2 unspecified atom stereocenters. The monoisotopic (exact) mass is 1260 g/mol. The number of hydrogen-bond acceptors (Lipinski definition) is 2. The molecule has 5 heteroatoms. The zero-order chi connectivity index (χ0) is 65.6. The van der Waals surface area contributed by atoms with Gasteiger partial charge in [-0.1, -0.05) is 269 Å². The highest BCUT2D eigenvalue weighted by Gasteiger charge is 2.49. The van der Waals surface area contributed by atoms with Crippen LogP contribution in [0.3, 0.4) is 0 Å². The minimum absolute atomic E-state index is 0.276. The Morgan fingerprint density at radius 2 is 0.577 bits per heavy atom. The molecule has 2 nitrogen and oxygen atoms in total. The lowest BCUT2D eigenvalue weighted by atomic mass is 9.67. The fourth-order valence-electron chi connectivity index (χ4n) is 16.3. The standard InChI is InChI=1S/C92H66F2N2Si/c1-5-61-25-29-63(30-26-61)65-33-37-67(38-34-65)91(69-41-45-71(93)46-42-69)85-23-15-13-21-79(85)81-53-49-77(59-87(81)91)95(73-17-9-7-10-18-73)75-51-55-89-83(57-75)84-58-76(52-56-90(84)97(89,3)4)96(74-19-11-8-12-20-74)78-50-54-82-80-22-14-16-24-86(80)92(88(82)60-78,70-43-47-72(94)48-44-70)68-39-35-66(36-40-68)64-31-27-62(6-2)28-32-64/h5-60H,1-2H2,3-4H3. The number of fused-ring (bicyclic) bond motifs is 9. The number of benzene rings is 14. The molecule has 0 fully saturated rings. The van der Waals surface area contributed by atoms with Crippen LogP contribution < -0.4 is 20.2 Å². The Bertz CT molecular complexity index is 5060. The van der Waals surface area contributed by atoms with Gasteiger partial charge in [0.2, 0.25) is 0 Å². The van der Waals surface area contributed by atoms with E-state index >= 15 is 8.78 Å². The summed E-state index contributed by atoms with van der Waals surface area (Å²) in [6.45, 7) is 12.9. The molecule has 0 amide bonds. The van der Waals surface area contributed by atoms with Crippen molar-refractivity contribution < 1.29 is 8.78 Å². The first kappa shape index (κ1) is 59.0. The predicted octanol–water partition coefficient (Wildman–Crippen LogP) is 23.1. The van der Waals surface area contributed by atoms with Crippen LogP contribution in [0.2, 0.25) is 13.1 Å². The molecule has 0 radical (unpaired) electrons. The van der Waals surface area contributed by atoms with Crippen LogP contribution in [0.4, 0.5) is 42.9 Å². The number of anilines is 6. The summed E-state index contributed by atoms with van der Waals surface area (Å²) in [6.07, 6.45) is 3.74. The third kappa shape index (κ3) is 9.40. The number of halogens is 2. The van der Waals surface area contributed by atoms with Crippen molar-refractivity contribution >= 4 is 64.7 Å². The summed E-state index contributed by atoms with van der Waals surface area (Å²) in [5.74, 6) is -0.553. The molecule has 0 saturated carbocycles. The summed E-state index contributed by atoms with van der Waals surface area (Å²) >= 11 is 0. The lowest BCUT2D eigenvalue weighted by molar-refractivity contribution is 0.624. The molecule has 17 rings (SSSR count). The maximum Gasteiger partial charge on any atom is 0.123 e. The topological polar surface area (TPSA) is 6.48 Å². The second kappa shape index (κ2) is 23.3. The van der Waals surface area contributed by atoms with Gasteiger partial charge in [-0.3, -0.25) is 0 Å². The summed E-state index contributed by atoms with van der Waals surface area (Å²) in [5.41, 5.74) is 26.9. The molecule has 0 N–H and O–H groups in total. The van der Waals surface area contributed by atoms with E-state index in [1.807, 2.05) is 36.4 Å². The molecule has 14 aromatic carbocycles. The predicted molar refractivity (Wildman–Crippen MR) is 404 cm³/mol.